The summed E-state index contributed by atoms with van der Waals surface area (Å²) in [6.07, 6.45) is 0.991. The van der Waals surface area contributed by atoms with Crippen molar-refractivity contribution in [2.24, 2.45) is 0 Å². The van der Waals surface area contributed by atoms with Gasteiger partial charge in [-0.15, -0.1) is 5.10 Å². The number of aryl methyl sites for hydroxylation is 3. The molecule has 118 valence electrons. The van der Waals surface area contributed by atoms with Gasteiger partial charge in [0.15, 0.2) is 5.82 Å². The number of amides is 1. The lowest BCUT2D eigenvalue weighted by Gasteiger charge is -2.08. The molecule has 0 aliphatic rings. The third-order valence-electron chi connectivity index (χ3n) is 3.65. The van der Waals surface area contributed by atoms with Crippen LogP contribution in [0.5, 0.6) is 0 Å². The SMILES string of the molecule is CCc1ccccc1NC(=O)Cc1nc2nc(C)cc(C)n2n1. The Morgan fingerprint density at radius 3 is 2.78 bits per heavy atom. The van der Waals surface area contributed by atoms with Gasteiger partial charge in [0, 0.05) is 17.1 Å². The molecule has 1 N–H and O–H groups in total. The molecule has 23 heavy (non-hydrogen) atoms. The van der Waals surface area contributed by atoms with Gasteiger partial charge < -0.3 is 5.32 Å². The van der Waals surface area contributed by atoms with Crippen molar-refractivity contribution in [1.82, 2.24) is 19.6 Å². The third-order valence-corrected chi connectivity index (χ3v) is 3.65. The molecule has 0 aliphatic heterocycles. The number of benzene rings is 1. The minimum Gasteiger partial charge on any atom is -0.325 e. The molecule has 0 radical (unpaired) electrons. The van der Waals surface area contributed by atoms with E-state index in [-0.39, 0.29) is 12.3 Å². The van der Waals surface area contributed by atoms with Crippen LogP contribution in [-0.4, -0.2) is 25.5 Å². The highest BCUT2D eigenvalue weighted by atomic mass is 16.1. The summed E-state index contributed by atoms with van der Waals surface area (Å²) < 4.78 is 1.66. The molecule has 0 atom stereocenters. The lowest BCUT2D eigenvalue weighted by Crippen LogP contribution is -2.16. The maximum atomic E-state index is 12.3. The lowest BCUT2D eigenvalue weighted by atomic mass is 10.1. The predicted molar refractivity (Wildman–Crippen MR) is 88.4 cm³/mol. The Hall–Kier alpha value is -2.76. The Bertz CT molecular complexity index is 869. The second-order valence-electron chi connectivity index (χ2n) is 5.51. The molecule has 1 amide bonds. The summed E-state index contributed by atoms with van der Waals surface area (Å²) in [6.45, 7) is 5.92. The van der Waals surface area contributed by atoms with E-state index in [0.29, 0.717) is 11.6 Å². The number of fused-ring (bicyclic) bond motifs is 1. The maximum Gasteiger partial charge on any atom is 0.252 e. The summed E-state index contributed by atoms with van der Waals surface area (Å²) in [6, 6.07) is 9.73. The van der Waals surface area contributed by atoms with Gasteiger partial charge in [-0.25, -0.2) is 9.50 Å². The monoisotopic (exact) mass is 309 g/mol. The largest absolute Gasteiger partial charge is 0.325 e. The second-order valence-corrected chi connectivity index (χ2v) is 5.51. The van der Waals surface area contributed by atoms with Crippen molar-refractivity contribution >= 4 is 17.4 Å². The van der Waals surface area contributed by atoms with Gasteiger partial charge in [0.25, 0.3) is 5.78 Å². The number of nitrogens with zero attached hydrogens (tertiary/aromatic N) is 4. The van der Waals surface area contributed by atoms with Crippen LogP contribution in [-0.2, 0) is 17.6 Å². The van der Waals surface area contributed by atoms with Gasteiger partial charge in [-0.1, -0.05) is 25.1 Å². The topological polar surface area (TPSA) is 72.2 Å². The highest BCUT2D eigenvalue weighted by Crippen LogP contribution is 2.15. The Morgan fingerprint density at radius 1 is 1.22 bits per heavy atom. The van der Waals surface area contributed by atoms with E-state index < -0.39 is 0 Å². The smallest absolute Gasteiger partial charge is 0.252 e. The quantitative estimate of drug-likeness (QED) is 0.803. The summed E-state index contributed by atoms with van der Waals surface area (Å²) >= 11 is 0. The molecule has 3 rings (SSSR count). The van der Waals surface area contributed by atoms with Crippen LogP contribution in [0.3, 0.4) is 0 Å². The fourth-order valence-electron chi connectivity index (χ4n) is 2.57. The van der Waals surface area contributed by atoms with Crippen molar-refractivity contribution in [3.63, 3.8) is 0 Å². The molecular weight excluding hydrogens is 290 g/mol. The molecule has 0 unspecified atom stereocenters. The molecule has 0 spiro atoms. The van der Waals surface area contributed by atoms with Gasteiger partial charge in [0.2, 0.25) is 5.91 Å². The van der Waals surface area contributed by atoms with E-state index in [9.17, 15) is 4.79 Å². The van der Waals surface area contributed by atoms with E-state index in [1.165, 1.54) is 0 Å². The first-order valence-corrected chi connectivity index (χ1v) is 7.64. The van der Waals surface area contributed by atoms with Gasteiger partial charge in [-0.3, -0.25) is 4.79 Å². The first-order chi connectivity index (χ1) is 11.1. The van der Waals surface area contributed by atoms with Crippen molar-refractivity contribution < 1.29 is 4.79 Å². The van der Waals surface area contributed by atoms with Gasteiger partial charge in [-0.2, -0.15) is 4.98 Å². The molecule has 0 bridgehead atoms. The zero-order valence-electron chi connectivity index (χ0n) is 13.5. The van der Waals surface area contributed by atoms with Crippen LogP contribution in [0.1, 0.15) is 29.7 Å². The third kappa shape index (κ3) is 3.21. The summed E-state index contributed by atoms with van der Waals surface area (Å²) in [5.74, 6) is 0.869. The predicted octanol–water partition coefficient (Wildman–Crippen LogP) is 2.48. The Labute approximate surface area is 134 Å². The lowest BCUT2D eigenvalue weighted by molar-refractivity contribution is -0.115. The molecule has 0 fully saturated rings. The highest BCUT2D eigenvalue weighted by Gasteiger charge is 2.12. The summed E-state index contributed by atoms with van der Waals surface area (Å²) in [4.78, 5) is 20.9. The number of nitrogens with one attached hydrogen (secondary N) is 1. The first kappa shape index (κ1) is 15.1. The van der Waals surface area contributed by atoms with Crippen LogP contribution in [0.2, 0.25) is 0 Å². The van der Waals surface area contributed by atoms with E-state index in [1.807, 2.05) is 44.2 Å². The molecule has 0 saturated heterocycles. The number of hydrogen-bond acceptors (Lipinski definition) is 4. The average Bonchev–Trinajstić information content (AvgIpc) is 2.90. The summed E-state index contributed by atoms with van der Waals surface area (Å²) in [5.41, 5.74) is 3.78. The van der Waals surface area contributed by atoms with E-state index in [1.54, 1.807) is 4.52 Å². The normalized spacial score (nSPS) is 10.9. The number of hydrogen-bond donors (Lipinski definition) is 1. The fraction of sp³-hybridized carbons (Fsp3) is 0.294. The maximum absolute atomic E-state index is 12.3. The van der Waals surface area contributed by atoms with Crippen LogP contribution in [0.4, 0.5) is 5.69 Å². The Kier molecular flexibility index (Phi) is 4.06. The number of anilines is 1. The van der Waals surface area contributed by atoms with Crippen molar-refractivity contribution in [2.45, 2.75) is 33.6 Å². The number of aromatic nitrogens is 4. The average molecular weight is 309 g/mol. The molecule has 6 nitrogen and oxygen atoms in total. The highest BCUT2D eigenvalue weighted by molar-refractivity contribution is 5.92. The molecular formula is C17H19N5O. The van der Waals surface area contributed by atoms with Crippen molar-refractivity contribution in [3.8, 4) is 0 Å². The van der Waals surface area contributed by atoms with Gasteiger partial charge in [-0.05, 0) is 38.0 Å². The van der Waals surface area contributed by atoms with Crippen LogP contribution in [0.15, 0.2) is 30.3 Å². The fourth-order valence-corrected chi connectivity index (χ4v) is 2.57. The first-order valence-electron chi connectivity index (χ1n) is 7.64. The minimum absolute atomic E-state index is 0.125. The molecule has 0 saturated carbocycles. The van der Waals surface area contributed by atoms with Crippen LogP contribution >= 0.6 is 0 Å². The van der Waals surface area contributed by atoms with Crippen molar-refractivity contribution in [1.29, 1.82) is 0 Å². The van der Waals surface area contributed by atoms with Gasteiger partial charge >= 0.3 is 0 Å². The molecule has 2 heterocycles. The molecule has 2 aromatic heterocycles. The van der Waals surface area contributed by atoms with E-state index in [0.717, 1.165) is 29.1 Å². The zero-order chi connectivity index (χ0) is 16.4. The van der Waals surface area contributed by atoms with Crippen LogP contribution in [0, 0.1) is 13.8 Å². The van der Waals surface area contributed by atoms with Crippen LogP contribution in [0.25, 0.3) is 5.78 Å². The molecule has 3 aromatic rings. The molecule has 6 heteroatoms. The Morgan fingerprint density at radius 2 is 2.00 bits per heavy atom. The van der Waals surface area contributed by atoms with E-state index >= 15 is 0 Å². The number of carbonyl (C=O) groups excluding carboxylic acids is 1. The zero-order valence-corrected chi connectivity index (χ0v) is 13.5. The van der Waals surface area contributed by atoms with Crippen molar-refractivity contribution in [3.05, 3.63) is 53.1 Å². The van der Waals surface area contributed by atoms with E-state index in [2.05, 4.69) is 27.3 Å². The van der Waals surface area contributed by atoms with Crippen molar-refractivity contribution in [2.75, 3.05) is 5.32 Å². The second kappa shape index (κ2) is 6.16. The Balaban J connectivity index is 1.79. The van der Waals surface area contributed by atoms with E-state index in [4.69, 9.17) is 0 Å². The summed E-state index contributed by atoms with van der Waals surface area (Å²) in [7, 11) is 0. The number of rotatable bonds is 4. The molecule has 0 aliphatic carbocycles. The standard InChI is InChI=1S/C17H19N5O/c1-4-13-7-5-6-8-14(13)19-16(23)10-15-20-17-18-11(2)9-12(3)22(17)21-15/h5-9H,4,10H2,1-3H3,(H,19,23). The summed E-state index contributed by atoms with van der Waals surface area (Å²) in [5, 5.41) is 7.29. The minimum atomic E-state index is -0.129. The number of para-hydroxylation sites is 1. The number of carbonyl (C=O) groups is 1. The van der Waals surface area contributed by atoms with Gasteiger partial charge in [0.1, 0.15) is 0 Å². The molecule has 1 aromatic carbocycles. The van der Waals surface area contributed by atoms with Crippen LogP contribution < -0.4 is 5.32 Å². The van der Waals surface area contributed by atoms with Gasteiger partial charge in [0.05, 0.1) is 6.42 Å².